The van der Waals surface area contributed by atoms with E-state index in [2.05, 4.69) is 43.1 Å². The minimum absolute atomic E-state index is 0.0655. The maximum absolute atomic E-state index is 9.11. The Bertz CT molecular complexity index is 874. The fourth-order valence-electron chi connectivity index (χ4n) is 2.81. The van der Waals surface area contributed by atoms with Crippen LogP contribution in [-0.2, 0) is 18.8 Å². The molecule has 0 aliphatic carbocycles. The highest BCUT2D eigenvalue weighted by molar-refractivity contribution is 7.98. The van der Waals surface area contributed by atoms with Gasteiger partial charge in [0.15, 0.2) is 0 Å². The third-order valence-corrected chi connectivity index (χ3v) is 5.73. The van der Waals surface area contributed by atoms with Gasteiger partial charge >= 0.3 is 0 Å². The molecule has 2 aromatic carbocycles. The van der Waals surface area contributed by atoms with Gasteiger partial charge in [0.05, 0.1) is 6.61 Å². The molecule has 4 nitrogen and oxygen atoms in total. The number of aliphatic hydroxyl groups excluding tert-OH is 1. The van der Waals surface area contributed by atoms with Crippen LogP contribution in [0.4, 0.5) is 0 Å². The molecule has 5 heteroatoms. The third kappa shape index (κ3) is 5.21. The minimum Gasteiger partial charge on any atom is -0.411 e. The van der Waals surface area contributed by atoms with Crippen LogP contribution in [0.15, 0.2) is 52.1 Å². The van der Waals surface area contributed by atoms with Crippen LogP contribution >= 0.6 is 11.8 Å². The van der Waals surface area contributed by atoms with E-state index in [9.17, 15) is 0 Å². The number of aromatic nitrogens is 2. The maximum atomic E-state index is 9.11. The van der Waals surface area contributed by atoms with Crippen LogP contribution in [0.2, 0.25) is 0 Å². The van der Waals surface area contributed by atoms with E-state index < -0.39 is 0 Å². The summed E-state index contributed by atoms with van der Waals surface area (Å²) in [7, 11) is 0. The van der Waals surface area contributed by atoms with Crippen molar-refractivity contribution in [2.75, 3.05) is 0 Å². The van der Waals surface area contributed by atoms with Crippen LogP contribution in [-0.4, -0.2) is 15.3 Å². The molecule has 0 radical (unpaired) electrons. The van der Waals surface area contributed by atoms with Crippen LogP contribution in [0.5, 0.6) is 0 Å². The summed E-state index contributed by atoms with van der Waals surface area (Å²) in [5.74, 6) is 1.98. The van der Waals surface area contributed by atoms with Gasteiger partial charge in [-0.05, 0) is 53.6 Å². The summed E-state index contributed by atoms with van der Waals surface area (Å²) >= 11 is 1.52. The first-order valence-electron chi connectivity index (χ1n) is 9.34. The van der Waals surface area contributed by atoms with Crippen LogP contribution in [0.3, 0.4) is 0 Å². The number of aliphatic hydroxyl groups is 1. The fraction of sp³-hybridized carbons (Fsp3) is 0.364. The highest BCUT2D eigenvalue weighted by Gasteiger charge is 2.12. The lowest BCUT2D eigenvalue weighted by Crippen LogP contribution is -2.00. The van der Waals surface area contributed by atoms with Crippen LogP contribution in [0.25, 0.3) is 11.5 Å². The molecule has 0 bridgehead atoms. The normalized spacial score (nSPS) is 12.3. The van der Waals surface area contributed by atoms with E-state index >= 15 is 0 Å². The van der Waals surface area contributed by atoms with E-state index in [0.717, 1.165) is 28.9 Å². The van der Waals surface area contributed by atoms with Crippen molar-refractivity contribution in [2.24, 2.45) is 5.92 Å². The molecule has 0 aliphatic rings. The van der Waals surface area contributed by atoms with Crippen molar-refractivity contribution in [3.8, 4) is 11.5 Å². The highest BCUT2D eigenvalue weighted by atomic mass is 32.2. The maximum Gasteiger partial charge on any atom is 0.277 e. The Hall–Kier alpha value is -2.11. The Balaban J connectivity index is 1.68. The number of nitrogens with zero attached hydrogens (tertiary/aromatic N) is 2. The van der Waals surface area contributed by atoms with E-state index in [-0.39, 0.29) is 6.61 Å². The van der Waals surface area contributed by atoms with Crippen molar-refractivity contribution in [1.29, 1.82) is 0 Å². The van der Waals surface area contributed by atoms with Gasteiger partial charge in [-0.2, -0.15) is 0 Å². The van der Waals surface area contributed by atoms with E-state index in [4.69, 9.17) is 9.52 Å². The molecular formula is C22H26N2O2S. The van der Waals surface area contributed by atoms with Gasteiger partial charge < -0.3 is 9.52 Å². The molecule has 142 valence electrons. The molecule has 0 saturated carbocycles. The monoisotopic (exact) mass is 382 g/mol. The lowest BCUT2D eigenvalue weighted by Gasteiger charge is -2.11. The van der Waals surface area contributed by atoms with Gasteiger partial charge in [0.2, 0.25) is 5.89 Å². The highest BCUT2D eigenvalue weighted by Crippen LogP contribution is 2.28. The molecule has 0 spiro atoms. The molecular weight excluding hydrogens is 356 g/mol. The zero-order valence-corrected chi connectivity index (χ0v) is 16.9. The summed E-state index contributed by atoms with van der Waals surface area (Å²) in [6, 6.07) is 14.2. The summed E-state index contributed by atoms with van der Waals surface area (Å²) in [5, 5.41) is 18.1. The summed E-state index contributed by atoms with van der Waals surface area (Å²) in [6.45, 7) is 6.72. The van der Waals surface area contributed by atoms with Gasteiger partial charge in [-0.15, -0.1) is 10.2 Å². The van der Waals surface area contributed by atoms with Gasteiger partial charge in [-0.1, -0.05) is 62.4 Å². The Kier molecular flexibility index (Phi) is 6.69. The average Bonchev–Trinajstić information content (AvgIpc) is 3.17. The van der Waals surface area contributed by atoms with Crippen molar-refractivity contribution in [3.63, 3.8) is 0 Å². The molecule has 27 heavy (non-hydrogen) atoms. The van der Waals surface area contributed by atoms with Gasteiger partial charge in [0, 0.05) is 11.3 Å². The molecule has 0 saturated heterocycles. The molecule has 3 aromatic rings. The molecule has 1 N–H and O–H groups in total. The van der Waals surface area contributed by atoms with Crippen molar-refractivity contribution in [1.82, 2.24) is 10.2 Å². The summed E-state index contributed by atoms with van der Waals surface area (Å²) in [5.41, 5.74) is 5.70. The molecule has 1 atom stereocenters. The Morgan fingerprint density at radius 1 is 1.07 bits per heavy atom. The van der Waals surface area contributed by atoms with Crippen molar-refractivity contribution in [3.05, 3.63) is 64.7 Å². The quantitative estimate of drug-likeness (QED) is 0.527. The van der Waals surface area contributed by atoms with E-state index in [1.165, 1.54) is 29.3 Å². The lowest BCUT2D eigenvalue weighted by molar-refractivity contribution is 0.282. The summed E-state index contributed by atoms with van der Waals surface area (Å²) in [4.78, 5) is 0. The predicted octanol–water partition coefficient (Wildman–Crippen LogP) is 5.42. The van der Waals surface area contributed by atoms with Crippen LogP contribution < -0.4 is 0 Å². The average molecular weight is 383 g/mol. The van der Waals surface area contributed by atoms with Crippen molar-refractivity contribution >= 4 is 11.8 Å². The zero-order valence-electron chi connectivity index (χ0n) is 16.1. The Labute approximate surface area is 165 Å². The van der Waals surface area contributed by atoms with Gasteiger partial charge in [-0.3, -0.25) is 0 Å². The molecule has 1 heterocycles. The molecule has 1 unspecified atom stereocenters. The van der Waals surface area contributed by atoms with Crippen molar-refractivity contribution < 1.29 is 9.52 Å². The van der Waals surface area contributed by atoms with E-state index in [1.807, 2.05) is 30.3 Å². The SMILES string of the molecule is CCC(C)Cc1cc(-c2nnc(SCc3ccc(CO)cc3)o2)ccc1C. The fourth-order valence-corrected chi connectivity index (χ4v) is 3.53. The van der Waals surface area contributed by atoms with Gasteiger partial charge in [0.1, 0.15) is 0 Å². The number of hydrogen-bond donors (Lipinski definition) is 1. The number of benzene rings is 2. The van der Waals surface area contributed by atoms with E-state index in [1.54, 1.807) is 0 Å². The second-order valence-corrected chi connectivity index (χ2v) is 7.92. The summed E-state index contributed by atoms with van der Waals surface area (Å²) < 4.78 is 5.86. The number of aryl methyl sites for hydroxylation is 1. The minimum atomic E-state index is 0.0655. The second-order valence-electron chi connectivity index (χ2n) is 7.00. The molecule has 0 amide bonds. The van der Waals surface area contributed by atoms with Crippen molar-refractivity contribution in [2.45, 2.75) is 51.2 Å². The standard InChI is InChI=1S/C22H26N2O2S/c1-4-15(2)11-20-12-19(10-5-16(20)3)21-23-24-22(26-21)27-14-18-8-6-17(13-25)7-9-18/h5-10,12,15,25H,4,11,13-14H2,1-3H3. The summed E-state index contributed by atoms with van der Waals surface area (Å²) in [6.07, 6.45) is 2.24. The number of thioether (sulfide) groups is 1. The Morgan fingerprint density at radius 3 is 2.52 bits per heavy atom. The lowest BCUT2D eigenvalue weighted by atomic mass is 9.94. The molecule has 3 rings (SSSR count). The number of rotatable bonds is 8. The predicted molar refractivity (Wildman–Crippen MR) is 110 cm³/mol. The zero-order chi connectivity index (χ0) is 19.2. The van der Waals surface area contributed by atoms with Gasteiger partial charge in [-0.25, -0.2) is 0 Å². The smallest absolute Gasteiger partial charge is 0.277 e. The van der Waals surface area contributed by atoms with Crippen LogP contribution in [0.1, 0.15) is 42.5 Å². The molecule has 1 aromatic heterocycles. The number of hydrogen-bond acceptors (Lipinski definition) is 5. The largest absolute Gasteiger partial charge is 0.411 e. The van der Waals surface area contributed by atoms with Crippen LogP contribution in [0, 0.1) is 12.8 Å². The third-order valence-electron chi connectivity index (χ3n) is 4.84. The topological polar surface area (TPSA) is 59.2 Å². The first kappa shape index (κ1) is 19.6. The molecule has 0 aliphatic heterocycles. The molecule has 0 fully saturated rings. The first-order chi connectivity index (χ1) is 13.1. The first-order valence-corrected chi connectivity index (χ1v) is 10.3. The van der Waals surface area contributed by atoms with E-state index in [0.29, 0.717) is 17.0 Å². The van der Waals surface area contributed by atoms with Gasteiger partial charge in [0.25, 0.3) is 5.22 Å². The Morgan fingerprint density at radius 2 is 1.81 bits per heavy atom. The second kappa shape index (κ2) is 9.20.